The first kappa shape index (κ1) is 20.9. The summed E-state index contributed by atoms with van der Waals surface area (Å²) in [7, 11) is 0. The van der Waals surface area contributed by atoms with Crippen molar-refractivity contribution in [2.75, 3.05) is 31.6 Å². The normalized spacial score (nSPS) is 15.7. The lowest BCUT2D eigenvalue weighted by Crippen LogP contribution is -2.30. The molecule has 0 radical (unpaired) electrons. The molecule has 6 nitrogen and oxygen atoms in total. The third-order valence-electron chi connectivity index (χ3n) is 4.99. The van der Waals surface area contributed by atoms with E-state index in [9.17, 15) is 9.59 Å². The van der Waals surface area contributed by atoms with E-state index >= 15 is 0 Å². The summed E-state index contributed by atoms with van der Waals surface area (Å²) in [5.74, 6) is 0.436. The summed E-state index contributed by atoms with van der Waals surface area (Å²) in [6.07, 6.45) is 2.26. The van der Waals surface area contributed by atoms with Crippen molar-refractivity contribution in [3.8, 4) is 5.75 Å². The van der Waals surface area contributed by atoms with Gasteiger partial charge in [-0.25, -0.2) is 0 Å². The molecule has 0 aromatic heterocycles. The minimum Gasteiger partial charge on any atom is -0.491 e. The van der Waals surface area contributed by atoms with Gasteiger partial charge in [-0.2, -0.15) is 0 Å². The van der Waals surface area contributed by atoms with Crippen LogP contribution in [0.4, 0.5) is 5.69 Å². The first-order valence-corrected chi connectivity index (χ1v) is 10.2. The molecule has 3 rings (SSSR count). The maximum Gasteiger partial charge on any atom is 0.255 e. The van der Waals surface area contributed by atoms with Crippen LogP contribution in [0.1, 0.15) is 47.4 Å². The van der Waals surface area contributed by atoms with Crippen LogP contribution in [0.3, 0.4) is 0 Å². The molecule has 1 aliphatic heterocycles. The number of anilines is 1. The maximum atomic E-state index is 12.6. The largest absolute Gasteiger partial charge is 0.491 e. The number of hydrogen-bond acceptors (Lipinski definition) is 4. The van der Waals surface area contributed by atoms with E-state index in [1.807, 2.05) is 13.8 Å². The molecule has 1 heterocycles. The van der Waals surface area contributed by atoms with E-state index in [1.165, 1.54) is 0 Å². The first-order valence-electron chi connectivity index (χ1n) is 10.2. The Morgan fingerprint density at radius 1 is 1.10 bits per heavy atom. The predicted octanol–water partition coefficient (Wildman–Crippen LogP) is 3.98. The molecule has 0 aliphatic carbocycles. The molecular formula is C23H28N2O4. The van der Waals surface area contributed by atoms with Gasteiger partial charge in [-0.1, -0.05) is 6.07 Å². The van der Waals surface area contributed by atoms with Gasteiger partial charge in [0, 0.05) is 36.5 Å². The summed E-state index contributed by atoms with van der Waals surface area (Å²) >= 11 is 0. The van der Waals surface area contributed by atoms with Crippen LogP contribution in [0.2, 0.25) is 0 Å². The summed E-state index contributed by atoms with van der Waals surface area (Å²) in [5.41, 5.74) is 1.67. The molecule has 0 bridgehead atoms. The van der Waals surface area contributed by atoms with E-state index in [2.05, 4.69) is 5.32 Å². The van der Waals surface area contributed by atoms with Crippen molar-refractivity contribution in [2.24, 2.45) is 0 Å². The summed E-state index contributed by atoms with van der Waals surface area (Å²) in [6.45, 7) is 6.51. The number of carbonyl (C=O) groups excluding carboxylic acids is 2. The highest BCUT2D eigenvalue weighted by molar-refractivity contribution is 6.05. The van der Waals surface area contributed by atoms with Gasteiger partial charge < -0.3 is 19.7 Å². The highest BCUT2D eigenvalue weighted by Crippen LogP contribution is 2.18. The lowest BCUT2D eigenvalue weighted by atomic mass is 10.1. The van der Waals surface area contributed by atoms with Gasteiger partial charge in [0.2, 0.25) is 0 Å². The Hall–Kier alpha value is -2.86. The van der Waals surface area contributed by atoms with Gasteiger partial charge in [-0.05, 0) is 69.2 Å². The number of carbonyl (C=O) groups is 2. The minimum atomic E-state index is -0.233. The Kier molecular flexibility index (Phi) is 7.25. The van der Waals surface area contributed by atoms with E-state index in [4.69, 9.17) is 9.47 Å². The third-order valence-corrected chi connectivity index (χ3v) is 4.99. The third kappa shape index (κ3) is 5.57. The van der Waals surface area contributed by atoms with Crippen LogP contribution in [0.5, 0.6) is 5.75 Å². The van der Waals surface area contributed by atoms with Crippen molar-refractivity contribution in [1.29, 1.82) is 0 Å². The molecule has 154 valence electrons. The van der Waals surface area contributed by atoms with E-state index < -0.39 is 0 Å². The average Bonchev–Trinajstić information content (AvgIpc) is 3.27. The lowest BCUT2D eigenvalue weighted by molar-refractivity contribution is 0.0679. The van der Waals surface area contributed by atoms with Crippen LogP contribution in [0.25, 0.3) is 0 Å². The molecule has 1 saturated heterocycles. The molecule has 0 saturated carbocycles. The monoisotopic (exact) mass is 396 g/mol. The van der Waals surface area contributed by atoms with Crippen molar-refractivity contribution in [2.45, 2.75) is 32.8 Å². The zero-order chi connectivity index (χ0) is 20.6. The van der Waals surface area contributed by atoms with Gasteiger partial charge in [0.05, 0.1) is 6.10 Å². The quantitative estimate of drug-likeness (QED) is 0.733. The molecule has 29 heavy (non-hydrogen) atoms. The second-order valence-electron chi connectivity index (χ2n) is 6.98. The Morgan fingerprint density at radius 3 is 2.52 bits per heavy atom. The fourth-order valence-corrected chi connectivity index (χ4v) is 3.29. The number of hydrogen-bond donors (Lipinski definition) is 1. The van der Waals surface area contributed by atoms with Gasteiger partial charge in [-0.15, -0.1) is 0 Å². The number of benzene rings is 2. The highest BCUT2D eigenvalue weighted by Gasteiger charge is 2.16. The molecule has 2 aromatic carbocycles. The fraction of sp³-hybridized carbons (Fsp3) is 0.391. The van der Waals surface area contributed by atoms with Crippen LogP contribution >= 0.6 is 0 Å². The standard InChI is InChI=1S/C23H28N2O4/c1-3-25(4-2)23(27)18-7-5-8-19(15-18)24-22(26)17-10-12-20(13-11-17)29-16-21-9-6-14-28-21/h5,7-8,10-13,15,21H,3-4,6,9,14,16H2,1-2H3,(H,24,26). The molecule has 1 aliphatic rings. The SMILES string of the molecule is CCN(CC)C(=O)c1cccc(NC(=O)c2ccc(OCC3CCCO3)cc2)c1. The average molecular weight is 396 g/mol. The zero-order valence-electron chi connectivity index (χ0n) is 17.0. The first-order chi connectivity index (χ1) is 14.1. The summed E-state index contributed by atoms with van der Waals surface area (Å²) in [4.78, 5) is 26.8. The van der Waals surface area contributed by atoms with E-state index in [1.54, 1.807) is 53.4 Å². The topological polar surface area (TPSA) is 67.9 Å². The van der Waals surface area contributed by atoms with Crippen LogP contribution in [0, 0.1) is 0 Å². The van der Waals surface area contributed by atoms with Gasteiger partial charge in [0.25, 0.3) is 11.8 Å². The second-order valence-corrected chi connectivity index (χ2v) is 6.98. The van der Waals surface area contributed by atoms with Crippen molar-refractivity contribution in [3.63, 3.8) is 0 Å². The number of ether oxygens (including phenoxy) is 2. The molecule has 6 heteroatoms. The number of rotatable bonds is 8. The highest BCUT2D eigenvalue weighted by atomic mass is 16.5. The van der Waals surface area contributed by atoms with E-state index in [-0.39, 0.29) is 17.9 Å². The summed E-state index contributed by atoms with van der Waals surface area (Å²) in [6, 6.07) is 14.0. The van der Waals surface area contributed by atoms with Gasteiger partial charge in [0.1, 0.15) is 12.4 Å². The molecule has 2 amide bonds. The Morgan fingerprint density at radius 2 is 1.86 bits per heavy atom. The Labute approximate surface area is 171 Å². The van der Waals surface area contributed by atoms with Crippen molar-refractivity contribution in [1.82, 2.24) is 4.90 Å². The van der Waals surface area contributed by atoms with Gasteiger partial charge in [0.15, 0.2) is 0 Å². The Bertz CT molecular complexity index is 825. The summed E-state index contributed by atoms with van der Waals surface area (Å²) in [5, 5.41) is 2.85. The summed E-state index contributed by atoms with van der Waals surface area (Å²) < 4.78 is 11.3. The van der Waals surface area contributed by atoms with Gasteiger partial charge >= 0.3 is 0 Å². The molecule has 0 spiro atoms. The number of nitrogens with one attached hydrogen (secondary N) is 1. The van der Waals surface area contributed by atoms with E-state index in [0.29, 0.717) is 42.3 Å². The predicted molar refractivity (Wildman–Crippen MR) is 113 cm³/mol. The van der Waals surface area contributed by atoms with Crippen molar-refractivity contribution >= 4 is 17.5 Å². The van der Waals surface area contributed by atoms with Crippen LogP contribution in [-0.4, -0.2) is 49.1 Å². The number of amides is 2. The maximum absolute atomic E-state index is 12.6. The molecule has 2 aromatic rings. The molecule has 1 atom stereocenters. The van der Waals surface area contributed by atoms with Crippen molar-refractivity contribution in [3.05, 3.63) is 59.7 Å². The Balaban J connectivity index is 1.59. The fourth-order valence-electron chi connectivity index (χ4n) is 3.29. The van der Waals surface area contributed by atoms with Crippen LogP contribution in [-0.2, 0) is 4.74 Å². The molecular weight excluding hydrogens is 368 g/mol. The van der Waals surface area contributed by atoms with Crippen molar-refractivity contribution < 1.29 is 19.1 Å². The second kappa shape index (κ2) is 10.1. The minimum absolute atomic E-state index is 0.0427. The van der Waals surface area contributed by atoms with Crippen LogP contribution in [0.15, 0.2) is 48.5 Å². The number of nitrogens with zero attached hydrogens (tertiary/aromatic N) is 1. The molecule has 1 fully saturated rings. The lowest BCUT2D eigenvalue weighted by Gasteiger charge is -2.19. The van der Waals surface area contributed by atoms with Crippen LogP contribution < -0.4 is 10.1 Å². The molecule has 1 unspecified atom stereocenters. The van der Waals surface area contributed by atoms with Gasteiger partial charge in [-0.3, -0.25) is 9.59 Å². The molecule has 1 N–H and O–H groups in total. The smallest absolute Gasteiger partial charge is 0.255 e. The zero-order valence-corrected chi connectivity index (χ0v) is 17.0. The van der Waals surface area contributed by atoms with E-state index in [0.717, 1.165) is 19.4 Å².